The van der Waals surface area contributed by atoms with Gasteiger partial charge in [-0.25, -0.2) is 10.4 Å². The van der Waals surface area contributed by atoms with E-state index in [1.807, 2.05) is 24.3 Å². The predicted molar refractivity (Wildman–Crippen MR) is 106 cm³/mol. The van der Waals surface area contributed by atoms with E-state index in [0.717, 1.165) is 10.2 Å². The molecule has 1 heterocycles. The first-order valence-electron chi connectivity index (χ1n) is 8.15. The van der Waals surface area contributed by atoms with Crippen LogP contribution in [0.3, 0.4) is 0 Å². The monoisotopic (exact) mass is 383 g/mol. The van der Waals surface area contributed by atoms with Gasteiger partial charge in [0.05, 0.1) is 26.4 Å². The maximum absolute atomic E-state index is 12.3. The zero-order chi connectivity index (χ0) is 19.4. The molecule has 0 aliphatic heterocycles. The summed E-state index contributed by atoms with van der Waals surface area (Å²) in [5.74, 6) is -0.368. The minimum atomic E-state index is -0.576. The summed E-state index contributed by atoms with van der Waals surface area (Å²) >= 11 is 1.46. The second-order valence-electron chi connectivity index (χ2n) is 5.80. The number of carbonyl (C=O) groups excluding carboxylic acids is 1. The standard InChI is InChI=1S/C18H17N5O3S/c1-11(13-7-3-5-9-15(13)23(25)26)21-22-17(24)12(2)19-18-20-14-8-4-6-10-16(14)27-18/h3-10,12H,1-2H3,(H,19,20)(H,22,24)/b21-11-/t12-/m1/s1. The van der Waals surface area contributed by atoms with Crippen LogP contribution in [0.15, 0.2) is 53.6 Å². The highest BCUT2D eigenvalue weighted by Gasteiger charge is 2.17. The van der Waals surface area contributed by atoms with Crippen molar-refractivity contribution in [3.8, 4) is 0 Å². The fraction of sp³-hybridized carbons (Fsp3) is 0.167. The van der Waals surface area contributed by atoms with Gasteiger partial charge in [0.25, 0.3) is 11.6 Å². The molecule has 0 unspecified atom stereocenters. The van der Waals surface area contributed by atoms with Crippen molar-refractivity contribution in [3.05, 3.63) is 64.2 Å². The van der Waals surface area contributed by atoms with Crippen molar-refractivity contribution >= 4 is 44.0 Å². The van der Waals surface area contributed by atoms with Gasteiger partial charge in [-0.05, 0) is 32.0 Å². The number of benzene rings is 2. The predicted octanol–water partition coefficient (Wildman–Crippen LogP) is 3.55. The van der Waals surface area contributed by atoms with Crippen LogP contribution in [0.1, 0.15) is 19.4 Å². The third kappa shape index (κ3) is 4.26. The van der Waals surface area contributed by atoms with Crippen LogP contribution < -0.4 is 10.7 Å². The zero-order valence-electron chi connectivity index (χ0n) is 14.7. The van der Waals surface area contributed by atoms with Crippen molar-refractivity contribution in [1.82, 2.24) is 10.4 Å². The molecule has 1 amide bonds. The van der Waals surface area contributed by atoms with Crippen LogP contribution in [0.5, 0.6) is 0 Å². The summed E-state index contributed by atoms with van der Waals surface area (Å²) in [5.41, 5.74) is 3.95. The SMILES string of the molecule is C/C(=N/NC(=O)[C@@H](C)Nc1nc2ccccc2s1)c1ccccc1[N+](=O)[O-]. The minimum absolute atomic E-state index is 0.0614. The summed E-state index contributed by atoms with van der Waals surface area (Å²) < 4.78 is 1.03. The molecule has 1 aromatic heterocycles. The van der Waals surface area contributed by atoms with E-state index in [9.17, 15) is 14.9 Å². The van der Waals surface area contributed by atoms with Gasteiger partial charge in [0.2, 0.25) is 0 Å². The Morgan fingerprint density at radius 2 is 1.93 bits per heavy atom. The maximum Gasteiger partial charge on any atom is 0.278 e. The molecule has 27 heavy (non-hydrogen) atoms. The highest BCUT2D eigenvalue weighted by atomic mass is 32.1. The lowest BCUT2D eigenvalue weighted by Crippen LogP contribution is -2.35. The second-order valence-corrected chi connectivity index (χ2v) is 6.83. The third-order valence-electron chi connectivity index (χ3n) is 3.85. The lowest BCUT2D eigenvalue weighted by Gasteiger charge is -2.11. The van der Waals surface area contributed by atoms with Crippen LogP contribution in [-0.4, -0.2) is 27.6 Å². The molecule has 0 spiro atoms. The molecule has 138 valence electrons. The number of anilines is 1. The number of carbonyl (C=O) groups is 1. The molecule has 0 saturated carbocycles. The summed E-state index contributed by atoms with van der Waals surface area (Å²) in [5, 5.41) is 18.8. The van der Waals surface area contributed by atoms with Gasteiger partial charge in [-0.3, -0.25) is 14.9 Å². The number of aromatic nitrogens is 1. The van der Waals surface area contributed by atoms with Gasteiger partial charge in [0.15, 0.2) is 5.13 Å². The Labute approximate surface area is 159 Å². The van der Waals surface area contributed by atoms with Gasteiger partial charge in [0, 0.05) is 6.07 Å². The van der Waals surface area contributed by atoms with Crippen molar-refractivity contribution in [3.63, 3.8) is 0 Å². The van der Waals surface area contributed by atoms with Crippen LogP contribution in [0.4, 0.5) is 10.8 Å². The Balaban J connectivity index is 1.67. The molecule has 0 saturated heterocycles. The molecule has 2 aromatic carbocycles. The smallest absolute Gasteiger partial charge is 0.278 e. The molecule has 2 N–H and O–H groups in total. The fourth-order valence-electron chi connectivity index (χ4n) is 2.42. The summed E-state index contributed by atoms with van der Waals surface area (Å²) in [6, 6.07) is 13.4. The average Bonchev–Trinajstić information content (AvgIpc) is 3.07. The third-order valence-corrected chi connectivity index (χ3v) is 4.82. The molecule has 9 heteroatoms. The molecule has 3 rings (SSSR count). The number of hydrogen-bond acceptors (Lipinski definition) is 7. The number of rotatable bonds is 6. The number of nitrogens with one attached hydrogen (secondary N) is 2. The van der Waals surface area contributed by atoms with Gasteiger partial charge in [0.1, 0.15) is 6.04 Å². The fourth-order valence-corrected chi connectivity index (χ4v) is 3.37. The molecule has 3 aromatic rings. The quantitative estimate of drug-likeness (QED) is 0.384. The van der Waals surface area contributed by atoms with Crippen LogP contribution >= 0.6 is 11.3 Å². The van der Waals surface area contributed by atoms with Gasteiger partial charge in [-0.15, -0.1) is 0 Å². The molecule has 0 aliphatic rings. The number of hydrogen-bond donors (Lipinski definition) is 2. The largest absolute Gasteiger partial charge is 0.350 e. The van der Waals surface area contributed by atoms with E-state index in [1.165, 1.54) is 17.4 Å². The number of para-hydroxylation sites is 2. The zero-order valence-corrected chi connectivity index (χ0v) is 15.5. The van der Waals surface area contributed by atoms with E-state index in [4.69, 9.17) is 0 Å². The minimum Gasteiger partial charge on any atom is -0.350 e. The van der Waals surface area contributed by atoms with Crippen LogP contribution in [0, 0.1) is 10.1 Å². The molecule has 1 atom stereocenters. The normalized spacial score (nSPS) is 12.6. The first-order valence-corrected chi connectivity index (χ1v) is 8.97. The maximum atomic E-state index is 12.3. The Morgan fingerprint density at radius 1 is 1.22 bits per heavy atom. The van der Waals surface area contributed by atoms with Gasteiger partial charge >= 0.3 is 0 Å². The highest BCUT2D eigenvalue weighted by Crippen LogP contribution is 2.25. The number of fused-ring (bicyclic) bond motifs is 1. The lowest BCUT2D eigenvalue weighted by atomic mass is 10.1. The number of nitrogens with zero attached hydrogens (tertiary/aromatic N) is 3. The van der Waals surface area contributed by atoms with Crippen molar-refractivity contribution in [2.75, 3.05) is 5.32 Å². The van der Waals surface area contributed by atoms with Crippen LogP contribution in [-0.2, 0) is 4.79 Å². The van der Waals surface area contributed by atoms with Crippen molar-refractivity contribution < 1.29 is 9.72 Å². The average molecular weight is 383 g/mol. The van der Waals surface area contributed by atoms with Gasteiger partial charge in [-0.1, -0.05) is 35.6 Å². The second kappa shape index (κ2) is 7.92. The van der Waals surface area contributed by atoms with Gasteiger partial charge in [-0.2, -0.15) is 5.10 Å². The number of hydrazone groups is 1. The highest BCUT2D eigenvalue weighted by molar-refractivity contribution is 7.22. The van der Waals surface area contributed by atoms with E-state index in [0.29, 0.717) is 16.4 Å². The number of thiazole rings is 1. The Kier molecular flexibility index (Phi) is 5.41. The first kappa shape index (κ1) is 18.5. The molecule has 0 fully saturated rings. The van der Waals surface area contributed by atoms with Crippen LogP contribution in [0.2, 0.25) is 0 Å². The topological polar surface area (TPSA) is 110 Å². The Bertz CT molecular complexity index is 998. The lowest BCUT2D eigenvalue weighted by molar-refractivity contribution is -0.385. The van der Waals surface area contributed by atoms with E-state index in [1.54, 1.807) is 32.0 Å². The molecular formula is C18H17N5O3S. The Morgan fingerprint density at radius 3 is 2.67 bits per heavy atom. The molecular weight excluding hydrogens is 366 g/mol. The summed E-state index contributed by atoms with van der Waals surface area (Å²) in [4.78, 5) is 27.3. The van der Waals surface area contributed by atoms with E-state index in [2.05, 4.69) is 20.8 Å². The van der Waals surface area contributed by atoms with Crippen molar-refractivity contribution in [2.45, 2.75) is 19.9 Å². The van der Waals surface area contributed by atoms with E-state index in [-0.39, 0.29) is 11.6 Å². The van der Waals surface area contributed by atoms with Crippen LogP contribution in [0.25, 0.3) is 10.2 Å². The molecule has 0 bridgehead atoms. The van der Waals surface area contributed by atoms with Crippen molar-refractivity contribution in [2.24, 2.45) is 5.10 Å². The number of amides is 1. The Hall–Kier alpha value is -3.33. The first-order chi connectivity index (χ1) is 13.0. The number of nitro groups is 1. The molecule has 0 radical (unpaired) electrons. The number of nitro benzene ring substituents is 1. The summed E-state index contributed by atoms with van der Waals surface area (Å²) in [6.45, 7) is 3.30. The summed E-state index contributed by atoms with van der Waals surface area (Å²) in [6.07, 6.45) is 0. The van der Waals surface area contributed by atoms with E-state index >= 15 is 0 Å². The molecule has 8 nitrogen and oxygen atoms in total. The van der Waals surface area contributed by atoms with Gasteiger partial charge < -0.3 is 5.32 Å². The van der Waals surface area contributed by atoms with Crippen molar-refractivity contribution in [1.29, 1.82) is 0 Å². The van der Waals surface area contributed by atoms with E-state index < -0.39 is 11.0 Å². The summed E-state index contributed by atoms with van der Waals surface area (Å²) in [7, 11) is 0. The molecule has 0 aliphatic carbocycles.